The first-order valence-corrected chi connectivity index (χ1v) is 13.9. The van der Waals surface area contributed by atoms with E-state index >= 15 is 0 Å². The van der Waals surface area contributed by atoms with Crippen LogP contribution in [-0.2, 0) is 11.2 Å². The highest BCUT2D eigenvalue weighted by Gasteiger charge is 2.32. The maximum absolute atomic E-state index is 11.6. The summed E-state index contributed by atoms with van der Waals surface area (Å²) in [7, 11) is 0. The first-order chi connectivity index (χ1) is 18.9. The van der Waals surface area contributed by atoms with Crippen molar-refractivity contribution in [2.24, 2.45) is 22.0 Å². The Labute approximate surface area is 233 Å². The standard InChI is InChI=1S/C29H37N3O6S/c1-4-10-20-23(13-8-14-24(20)38-25-12-7-6-11-21(25)29(34)35)36-15-9-16-37-27-18(3)26(33)22(17-19(27)5-2)28(32-30)39-31/h6-8,11-14,17-18,26,33H,4-5,9-10,15-16,30-31H2,1-3H3,(H,34,35). The van der Waals surface area contributed by atoms with Crippen LogP contribution >= 0.6 is 11.9 Å². The summed E-state index contributed by atoms with van der Waals surface area (Å²) in [4.78, 5) is 11.6. The van der Waals surface area contributed by atoms with E-state index in [0.29, 0.717) is 48.2 Å². The van der Waals surface area contributed by atoms with Crippen molar-refractivity contribution in [1.29, 1.82) is 0 Å². The number of rotatable bonds is 13. The molecule has 0 spiro atoms. The lowest BCUT2D eigenvalue weighted by Gasteiger charge is -2.30. The van der Waals surface area contributed by atoms with Crippen molar-refractivity contribution >= 4 is 23.0 Å². The Morgan fingerprint density at radius 1 is 1.05 bits per heavy atom. The van der Waals surface area contributed by atoms with E-state index in [2.05, 4.69) is 12.0 Å². The summed E-state index contributed by atoms with van der Waals surface area (Å²) in [5, 5.41) is 30.1. The number of hydrogen-bond donors (Lipinski definition) is 4. The molecule has 1 aliphatic carbocycles. The van der Waals surface area contributed by atoms with Crippen molar-refractivity contribution < 1.29 is 29.2 Å². The van der Waals surface area contributed by atoms with E-state index in [1.165, 1.54) is 6.07 Å². The highest BCUT2D eigenvalue weighted by Crippen LogP contribution is 2.36. The molecule has 0 radical (unpaired) electrons. The molecule has 0 aromatic heterocycles. The fourth-order valence-corrected chi connectivity index (χ4v) is 4.83. The maximum Gasteiger partial charge on any atom is 0.339 e. The van der Waals surface area contributed by atoms with Crippen LogP contribution in [0.3, 0.4) is 0 Å². The zero-order valence-electron chi connectivity index (χ0n) is 22.6. The van der Waals surface area contributed by atoms with E-state index in [1.54, 1.807) is 18.2 Å². The molecular weight excluding hydrogens is 518 g/mol. The van der Waals surface area contributed by atoms with Crippen LogP contribution < -0.4 is 20.5 Å². The molecule has 210 valence electrons. The Bertz CT molecular complexity index is 1240. The predicted octanol–water partition coefficient (Wildman–Crippen LogP) is 5.40. The summed E-state index contributed by atoms with van der Waals surface area (Å²) >= 11 is 0.908. The van der Waals surface area contributed by atoms with Crippen LogP contribution in [0.15, 0.2) is 70.5 Å². The number of carboxylic acids is 1. The minimum Gasteiger partial charge on any atom is -0.497 e. The van der Waals surface area contributed by atoms with Gasteiger partial charge in [-0.1, -0.05) is 45.4 Å². The molecule has 0 amide bonds. The SMILES string of the molecule is CCCc1c(OCCCOC2=C(CC)C=C(C(=NN)SN)C(O)C2C)cccc1Oc1ccccc1C(=O)O. The molecule has 39 heavy (non-hydrogen) atoms. The van der Waals surface area contributed by atoms with Crippen molar-refractivity contribution in [2.45, 2.75) is 52.6 Å². The highest BCUT2D eigenvalue weighted by molar-refractivity contribution is 8.12. The van der Waals surface area contributed by atoms with Gasteiger partial charge in [0.05, 0.1) is 19.3 Å². The van der Waals surface area contributed by atoms with Crippen molar-refractivity contribution in [3.05, 3.63) is 76.6 Å². The molecule has 0 fully saturated rings. The summed E-state index contributed by atoms with van der Waals surface area (Å²) in [6.45, 7) is 6.81. The molecule has 9 nitrogen and oxygen atoms in total. The monoisotopic (exact) mass is 555 g/mol. The highest BCUT2D eigenvalue weighted by atomic mass is 32.2. The second-order valence-electron chi connectivity index (χ2n) is 9.07. The molecule has 2 aromatic carbocycles. The van der Waals surface area contributed by atoms with Crippen LogP contribution in [0.4, 0.5) is 0 Å². The molecule has 0 heterocycles. The van der Waals surface area contributed by atoms with Crippen LogP contribution in [0.5, 0.6) is 17.2 Å². The number of aromatic carboxylic acids is 1. The van der Waals surface area contributed by atoms with Gasteiger partial charge in [-0.05, 0) is 60.7 Å². The maximum atomic E-state index is 11.6. The van der Waals surface area contributed by atoms with E-state index in [1.807, 2.05) is 38.1 Å². The number of carbonyl (C=O) groups is 1. The number of aliphatic hydroxyl groups is 1. The third kappa shape index (κ3) is 7.35. The van der Waals surface area contributed by atoms with Gasteiger partial charge in [0.15, 0.2) is 0 Å². The topological polar surface area (TPSA) is 150 Å². The van der Waals surface area contributed by atoms with Gasteiger partial charge in [0, 0.05) is 23.5 Å². The van der Waals surface area contributed by atoms with Gasteiger partial charge in [0.25, 0.3) is 0 Å². The molecule has 0 saturated heterocycles. The molecule has 2 aromatic rings. The number of nitrogens with two attached hydrogens (primary N) is 2. The Kier molecular flexibility index (Phi) is 11.3. The fraction of sp³-hybridized carbons (Fsp3) is 0.379. The average Bonchev–Trinajstić information content (AvgIpc) is 2.94. The first kappa shape index (κ1) is 30.1. The van der Waals surface area contributed by atoms with Gasteiger partial charge < -0.3 is 30.3 Å². The van der Waals surface area contributed by atoms with E-state index in [4.69, 9.17) is 25.2 Å². The van der Waals surface area contributed by atoms with E-state index in [9.17, 15) is 15.0 Å². The van der Waals surface area contributed by atoms with Crippen LogP contribution in [0.1, 0.15) is 56.0 Å². The lowest BCUT2D eigenvalue weighted by atomic mass is 9.86. The Balaban J connectivity index is 1.67. The second kappa shape index (κ2) is 14.6. The number of para-hydroxylation sites is 1. The largest absolute Gasteiger partial charge is 0.497 e. The zero-order valence-corrected chi connectivity index (χ0v) is 23.4. The van der Waals surface area contributed by atoms with Gasteiger partial charge in [-0.3, -0.25) is 5.14 Å². The molecule has 0 saturated carbocycles. The van der Waals surface area contributed by atoms with Gasteiger partial charge in [-0.2, -0.15) is 5.10 Å². The van der Waals surface area contributed by atoms with E-state index in [0.717, 1.165) is 41.7 Å². The number of aliphatic hydroxyl groups excluding tert-OH is 1. The number of allylic oxidation sites excluding steroid dienone is 2. The van der Waals surface area contributed by atoms with Crippen LogP contribution in [0.25, 0.3) is 0 Å². The van der Waals surface area contributed by atoms with Crippen molar-refractivity contribution in [3.8, 4) is 17.2 Å². The smallest absolute Gasteiger partial charge is 0.339 e. The van der Waals surface area contributed by atoms with Gasteiger partial charge in [0.1, 0.15) is 33.6 Å². The summed E-state index contributed by atoms with van der Waals surface area (Å²) in [6, 6.07) is 12.1. The average molecular weight is 556 g/mol. The molecule has 3 rings (SSSR count). The van der Waals surface area contributed by atoms with E-state index in [-0.39, 0.29) is 17.2 Å². The molecule has 0 bridgehead atoms. The third-order valence-electron chi connectivity index (χ3n) is 6.44. The van der Waals surface area contributed by atoms with Crippen LogP contribution in [-0.4, -0.2) is 40.5 Å². The predicted molar refractivity (Wildman–Crippen MR) is 154 cm³/mol. The molecule has 1 aliphatic rings. The number of carboxylic acid groups (broad SMARTS) is 1. The molecule has 2 unspecified atom stereocenters. The van der Waals surface area contributed by atoms with Gasteiger partial charge in [-0.15, -0.1) is 0 Å². The Morgan fingerprint density at radius 2 is 1.74 bits per heavy atom. The fourth-order valence-electron chi connectivity index (χ4n) is 4.46. The van der Waals surface area contributed by atoms with Gasteiger partial charge in [-0.25, -0.2) is 4.79 Å². The summed E-state index contributed by atoms with van der Waals surface area (Å²) in [6.07, 6.45) is 3.94. The van der Waals surface area contributed by atoms with Crippen molar-refractivity contribution in [2.75, 3.05) is 13.2 Å². The Hall–Kier alpha value is -3.47. The lowest BCUT2D eigenvalue weighted by Crippen LogP contribution is -2.31. The minimum atomic E-state index is -1.05. The Morgan fingerprint density at radius 3 is 2.41 bits per heavy atom. The van der Waals surface area contributed by atoms with E-state index < -0.39 is 12.1 Å². The summed E-state index contributed by atoms with van der Waals surface area (Å²) in [5.41, 5.74) is 2.55. The number of benzene rings is 2. The van der Waals surface area contributed by atoms with Crippen molar-refractivity contribution in [3.63, 3.8) is 0 Å². The first-order valence-electron chi connectivity index (χ1n) is 13.0. The van der Waals surface area contributed by atoms with Gasteiger partial charge in [0.2, 0.25) is 0 Å². The quantitative estimate of drug-likeness (QED) is 0.0636. The van der Waals surface area contributed by atoms with Crippen molar-refractivity contribution in [1.82, 2.24) is 0 Å². The number of hydrogen-bond acceptors (Lipinski definition) is 9. The molecule has 2 atom stereocenters. The molecular formula is C29H37N3O6S. The minimum absolute atomic E-state index is 0.0986. The summed E-state index contributed by atoms with van der Waals surface area (Å²) < 4.78 is 18.3. The van der Waals surface area contributed by atoms with Crippen LogP contribution in [0.2, 0.25) is 0 Å². The van der Waals surface area contributed by atoms with Gasteiger partial charge >= 0.3 is 5.97 Å². The molecule has 6 N–H and O–H groups in total. The number of hydrazone groups is 1. The second-order valence-corrected chi connectivity index (χ2v) is 9.69. The third-order valence-corrected chi connectivity index (χ3v) is 7.00. The van der Waals surface area contributed by atoms with Crippen LogP contribution in [0, 0.1) is 5.92 Å². The molecule has 0 aliphatic heterocycles. The number of ether oxygens (including phenoxy) is 3. The number of nitrogens with zero attached hydrogens (tertiary/aromatic N) is 1. The summed E-state index contributed by atoms with van der Waals surface area (Å²) in [5.74, 6) is 6.41. The zero-order chi connectivity index (χ0) is 28.4. The lowest BCUT2D eigenvalue weighted by molar-refractivity contribution is 0.0694. The normalized spacial score (nSPS) is 17.6. The molecule has 10 heteroatoms.